The average molecular weight is 290 g/mol. The molecule has 4 nitrogen and oxygen atoms in total. The SMILES string of the molecule is CC(CNC(=O)CCc1ccccc1)CN1CCOCC1. The van der Waals surface area contributed by atoms with E-state index >= 15 is 0 Å². The molecule has 116 valence electrons. The molecule has 1 aromatic rings. The molecule has 0 saturated carbocycles. The molecule has 1 heterocycles. The van der Waals surface area contributed by atoms with Crippen molar-refractivity contribution in [1.29, 1.82) is 0 Å². The van der Waals surface area contributed by atoms with Crippen LogP contribution in [0.3, 0.4) is 0 Å². The predicted molar refractivity (Wildman–Crippen MR) is 84.2 cm³/mol. The number of amides is 1. The maximum absolute atomic E-state index is 11.9. The number of hydrogen-bond donors (Lipinski definition) is 1. The van der Waals surface area contributed by atoms with Crippen molar-refractivity contribution in [1.82, 2.24) is 10.2 Å². The minimum atomic E-state index is 0.146. The first-order valence-electron chi connectivity index (χ1n) is 7.85. The molecule has 1 atom stereocenters. The molecule has 1 N–H and O–H groups in total. The lowest BCUT2D eigenvalue weighted by Gasteiger charge is -2.29. The lowest BCUT2D eigenvalue weighted by Crippen LogP contribution is -2.41. The molecule has 21 heavy (non-hydrogen) atoms. The third kappa shape index (κ3) is 6.27. The number of ether oxygens (including phenoxy) is 1. The lowest BCUT2D eigenvalue weighted by atomic mass is 10.1. The van der Waals surface area contributed by atoms with Crippen molar-refractivity contribution >= 4 is 5.91 Å². The zero-order chi connectivity index (χ0) is 14.9. The van der Waals surface area contributed by atoms with E-state index in [-0.39, 0.29) is 5.91 Å². The number of hydrogen-bond acceptors (Lipinski definition) is 3. The molecule has 0 radical (unpaired) electrons. The van der Waals surface area contributed by atoms with Crippen LogP contribution >= 0.6 is 0 Å². The highest BCUT2D eigenvalue weighted by Gasteiger charge is 2.14. The van der Waals surface area contributed by atoms with Gasteiger partial charge in [0, 0.05) is 32.6 Å². The topological polar surface area (TPSA) is 41.6 Å². The summed E-state index contributed by atoms with van der Waals surface area (Å²) in [6.07, 6.45) is 1.37. The first-order valence-corrected chi connectivity index (χ1v) is 7.85. The molecule has 2 rings (SSSR count). The molecule has 0 spiro atoms. The summed E-state index contributed by atoms with van der Waals surface area (Å²) in [6, 6.07) is 10.1. The summed E-state index contributed by atoms with van der Waals surface area (Å²) in [6.45, 7) is 7.64. The van der Waals surface area contributed by atoms with Gasteiger partial charge in [0.25, 0.3) is 0 Å². The Morgan fingerprint density at radius 2 is 2.00 bits per heavy atom. The highest BCUT2D eigenvalue weighted by Crippen LogP contribution is 2.04. The van der Waals surface area contributed by atoms with Gasteiger partial charge in [-0.2, -0.15) is 0 Å². The molecule has 0 aromatic heterocycles. The van der Waals surface area contributed by atoms with Gasteiger partial charge < -0.3 is 10.1 Å². The van der Waals surface area contributed by atoms with Crippen LogP contribution in [0, 0.1) is 5.92 Å². The van der Waals surface area contributed by atoms with Crippen molar-refractivity contribution in [3.8, 4) is 0 Å². The number of aryl methyl sites for hydroxylation is 1. The lowest BCUT2D eigenvalue weighted by molar-refractivity contribution is -0.121. The van der Waals surface area contributed by atoms with Crippen molar-refractivity contribution in [3.63, 3.8) is 0 Å². The Labute approximate surface area is 127 Å². The second-order valence-electron chi connectivity index (χ2n) is 5.81. The smallest absolute Gasteiger partial charge is 0.220 e. The quantitative estimate of drug-likeness (QED) is 0.831. The molecule has 0 aliphatic carbocycles. The largest absolute Gasteiger partial charge is 0.379 e. The molecule has 1 unspecified atom stereocenters. The Morgan fingerprint density at radius 3 is 2.71 bits per heavy atom. The van der Waals surface area contributed by atoms with Gasteiger partial charge >= 0.3 is 0 Å². The zero-order valence-corrected chi connectivity index (χ0v) is 12.9. The zero-order valence-electron chi connectivity index (χ0n) is 12.9. The predicted octanol–water partition coefficient (Wildman–Crippen LogP) is 1.70. The highest BCUT2D eigenvalue weighted by atomic mass is 16.5. The van der Waals surface area contributed by atoms with Crippen LogP contribution in [0.1, 0.15) is 18.9 Å². The van der Waals surface area contributed by atoms with Crippen LogP contribution in [0.15, 0.2) is 30.3 Å². The average Bonchev–Trinajstić information content (AvgIpc) is 2.53. The summed E-state index contributed by atoms with van der Waals surface area (Å²) in [5, 5.41) is 3.05. The summed E-state index contributed by atoms with van der Waals surface area (Å²) in [4.78, 5) is 14.3. The van der Waals surface area contributed by atoms with Gasteiger partial charge in [-0.05, 0) is 17.9 Å². The Balaban J connectivity index is 1.59. The number of carbonyl (C=O) groups is 1. The number of nitrogens with one attached hydrogen (secondary N) is 1. The van der Waals surface area contributed by atoms with Gasteiger partial charge in [-0.15, -0.1) is 0 Å². The minimum absolute atomic E-state index is 0.146. The van der Waals surface area contributed by atoms with Crippen LogP contribution in [0.4, 0.5) is 0 Å². The van der Waals surface area contributed by atoms with Crippen molar-refractivity contribution in [2.45, 2.75) is 19.8 Å². The van der Waals surface area contributed by atoms with E-state index in [2.05, 4.69) is 29.3 Å². The second-order valence-corrected chi connectivity index (χ2v) is 5.81. The maximum Gasteiger partial charge on any atom is 0.220 e. The molecule has 0 bridgehead atoms. The third-order valence-electron chi connectivity index (χ3n) is 3.80. The van der Waals surface area contributed by atoms with E-state index in [1.165, 1.54) is 5.56 Å². The fraction of sp³-hybridized carbons (Fsp3) is 0.588. The van der Waals surface area contributed by atoms with Crippen LogP contribution in [0.25, 0.3) is 0 Å². The monoisotopic (exact) mass is 290 g/mol. The summed E-state index contributed by atoms with van der Waals surface area (Å²) in [5.74, 6) is 0.622. The normalized spacial score (nSPS) is 17.4. The molecule has 1 amide bonds. The first-order chi connectivity index (χ1) is 10.2. The van der Waals surface area contributed by atoms with Crippen molar-refractivity contribution in [2.24, 2.45) is 5.92 Å². The van der Waals surface area contributed by atoms with Gasteiger partial charge in [0.15, 0.2) is 0 Å². The number of carbonyl (C=O) groups excluding carboxylic acids is 1. The van der Waals surface area contributed by atoms with E-state index in [1.54, 1.807) is 0 Å². The third-order valence-corrected chi connectivity index (χ3v) is 3.80. The fourth-order valence-corrected chi connectivity index (χ4v) is 2.57. The second kappa shape index (κ2) is 8.80. The van der Waals surface area contributed by atoms with Gasteiger partial charge in [0.1, 0.15) is 0 Å². The van der Waals surface area contributed by atoms with Crippen LogP contribution < -0.4 is 5.32 Å². The van der Waals surface area contributed by atoms with Crippen molar-refractivity contribution < 1.29 is 9.53 Å². The van der Waals surface area contributed by atoms with Crippen LogP contribution in [0.2, 0.25) is 0 Å². The summed E-state index contributed by atoms with van der Waals surface area (Å²) in [7, 11) is 0. The van der Waals surface area contributed by atoms with E-state index in [4.69, 9.17) is 4.74 Å². The number of morpholine rings is 1. The summed E-state index contributed by atoms with van der Waals surface area (Å²) in [5.41, 5.74) is 1.22. The van der Waals surface area contributed by atoms with Crippen molar-refractivity contribution in [3.05, 3.63) is 35.9 Å². The van der Waals surface area contributed by atoms with Gasteiger partial charge in [0.2, 0.25) is 5.91 Å². The fourth-order valence-electron chi connectivity index (χ4n) is 2.57. The van der Waals surface area contributed by atoms with E-state index < -0.39 is 0 Å². The molecular weight excluding hydrogens is 264 g/mol. The molecular formula is C17H26N2O2. The van der Waals surface area contributed by atoms with E-state index in [1.807, 2.05) is 18.2 Å². The Hall–Kier alpha value is -1.39. The molecule has 1 saturated heterocycles. The van der Waals surface area contributed by atoms with Crippen LogP contribution in [-0.4, -0.2) is 50.2 Å². The standard InChI is InChI=1S/C17H26N2O2/c1-15(14-19-9-11-21-12-10-19)13-18-17(20)8-7-16-5-3-2-4-6-16/h2-6,15H,7-14H2,1H3,(H,18,20). The molecule has 4 heteroatoms. The molecule has 1 fully saturated rings. The minimum Gasteiger partial charge on any atom is -0.379 e. The number of benzene rings is 1. The van der Waals surface area contributed by atoms with E-state index in [0.29, 0.717) is 12.3 Å². The highest BCUT2D eigenvalue weighted by molar-refractivity contribution is 5.76. The molecule has 1 aliphatic rings. The van der Waals surface area contributed by atoms with Gasteiger partial charge in [-0.1, -0.05) is 37.3 Å². The Bertz CT molecular complexity index is 416. The van der Waals surface area contributed by atoms with Crippen molar-refractivity contribution in [2.75, 3.05) is 39.4 Å². The molecule has 1 aliphatic heterocycles. The van der Waals surface area contributed by atoms with Gasteiger partial charge in [-0.25, -0.2) is 0 Å². The summed E-state index contributed by atoms with van der Waals surface area (Å²) >= 11 is 0. The van der Waals surface area contributed by atoms with Gasteiger partial charge in [-0.3, -0.25) is 9.69 Å². The first kappa shape index (κ1) is 16.0. The molecule has 1 aromatic carbocycles. The Kier molecular flexibility index (Phi) is 6.70. The van der Waals surface area contributed by atoms with Crippen LogP contribution in [-0.2, 0) is 16.0 Å². The number of rotatable bonds is 7. The Morgan fingerprint density at radius 1 is 1.29 bits per heavy atom. The maximum atomic E-state index is 11.9. The number of nitrogens with zero attached hydrogens (tertiary/aromatic N) is 1. The van der Waals surface area contributed by atoms with E-state index in [9.17, 15) is 4.79 Å². The van der Waals surface area contributed by atoms with Crippen LogP contribution in [0.5, 0.6) is 0 Å². The van der Waals surface area contributed by atoms with Gasteiger partial charge in [0.05, 0.1) is 13.2 Å². The van der Waals surface area contributed by atoms with E-state index in [0.717, 1.165) is 45.8 Å². The summed E-state index contributed by atoms with van der Waals surface area (Å²) < 4.78 is 5.34.